The number of hydrogen-bond donors (Lipinski definition) is 2. The van der Waals surface area contributed by atoms with E-state index in [4.69, 9.17) is 9.84 Å². The van der Waals surface area contributed by atoms with Crippen molar-refractivity contribution in [1.29, 1.82) is 0 Å². The minimum atomic E-state index is -0.421. The average Bonchev–Trinajstić information content (AvgIpc) is 4.20. The number of fused-ring (bicyclic) bond motifs is 1. The van der Waals surface area contributed by atoms with Gasteiger partial charge in [0.2, 0.25) is 5.82 Å². The topological polar surface area (TPSA) is 111 Å². The van der Waals surface area contributed by atoms with Gasteiger partial charge in [-0.25, -0.2) is 4.79 Å². The number of anilines is 3. The zero-order valence-electron chi connectivity index (χ0n) is 33.2. The summed E-state index contributed by atoms with van der Waals surface area (Å²) in [6.45, 7) is 3.18. The molecule has 0 bridgehead atoms. The summed E-state index contributed by atoms with van der Waals surface area (Å²) in [5, 5.41) is 21.4. The molecule has 1 amide bonds. The van der Waals surface area contributed by atoms with E-state index in [1.165, 1.54) is 38.5 Å². The van der Waals surface area contributed by atoms with Crippen LogP contribution in [0.25, 0.3) is 33.3 Å². The SMILES string of the molecule is CCCCOC(=O)c1cccc2cccc(C(=O)Nc3ccc(-c4ccc(Nc5ccc(-c6nnn(CCCC7CC7)n6)c(C#CCCCC6CC6)c5)cc4)cc3)c12. The molecule has 294 valence electrons. The van der Waals surface area contributed by atoms with Crippen LogP contribution >= 0.6 is 0 Å². The molecule has 5 aromatic carbocycles. The summed E-state index contributed by atoms with van der Waals surface area (Å²) in [7, 11) is 0. The Morgan fingerprint density at radius 3 is 2.16 bits per heavy atom. The maximum Gasteiger partial charge on any atom is 0.338 e. The van der Waals surface area contributed by atoms with Gasteiger partial charge in [-0.15, -0.1) is 10.2 Å². The number of hydrogen-bond acceptors (Lipinski definition) is 7. The van der Waals surface area contributed by atoms with E-state index >= 15 is 0 Å². The molecule has 2 saturated carbocycles. The first kappa shape index (κ1) is 38.6. The van der Waals surface area contributed by atoms with Crippen molar-refractivity contribution in [2.75, 3.05) is 17.2 Å². The lowest BCUT2D eigenvalue weighted by Crippen LogP contribution is -2.14. The van der Waals surface area contributed by atoms with Crippen molar-refractivity contribution in [2.45, 2.75) is 84.1 Å². The highest BCUT2D eigenvalue weighted by Gasteiger charge is 2.22. The predicted octanol–water partition coefficient (Wildman–Crippen LogP) is 11.2. The lowest BCUT2D eigenvalue weighted by atomic mass is 9.98. The molecule has 0 atom stereocenters. The van der Waals surface area contributed by atoms with E-state index in [2.05, 4.69) is 63.1 Å². The highest BCUT2D eigenvalue weighted by Crippen LogP contribution is 2.35. The molecule has 9 heteroatoms. The number of benzene rings is 5. The monoisotopic (exact) mass is 770 g/mol. The third-order valence-electron chi connectivity index (χ3n) is 11.0. The summed E-state index contributed by atoms with van der Waals surface area (Å²) in [6, 6.07) is 33.1. The molecule has 0 unspecified atom stereocenters. The lowest BCUT2D eigenvalue weighted by molar-refractivity contribution is 0.0502. The van der Waals surface area contributed by atoms with Gasteiger partial charge in [-0.05, 0) is 120 Å². The quantitative estimate of drug-likeness (QED) is 0.0539. The van der Waals surface area contributed by atoms with Crippen molar-refractivity contribution < 1.29 is 14.3 Å². The molecule has 58 heavy (non-hydrogen) atoms. The van der Waals surface area contributed by atoms with E-state index in [1.807, 2.05) is 67.6 Å². The van der Waals surface area contributed by atoms with Gasteiger partial charge in [0.15, 0.2) is 0 Å². The zero-order chi connectivity index (χ0) is 39.7. The van der Waals surface area contributed by atoms with E-state index < -0.39 is 5.97 Å². The molecule has 9 nitrogen and oxygen atoms in total. The third-order valence-corrected chi connectivity index (χ3v) is 11.0. The van der Waals surface area contributed by atoms with Crippen LogP contribution in [0.4, 0.5) is 17.1 Å². The van der Waals surface area contributed by atoms with Crippen LogP contribution in [-0.4, -0.2) is 38.7 Å². The summed E-state index contributed by atoms with van der Waals surface area (Å²) in [4.78, 5) is 28.3. The van der Waals surface area contributed by atoms with Crippen LogP contribution in [0, 0.1) is 23.7 Å². The number of tetrazole rings is 1. The number of aromatic nitrogens is 4. The number of nitrogens with zero attached hydrogens (tertiary/aromatic N) is 4. The third kappa shape index (κ3) is 9.99. The van der Waals surface area contributed by atoms with Crippen molar-refractivity contribution in [3.05, 3.63) is 120 Å². The van der Waals surface area contributed by atoms with E-state index in [0.29, 0.717) is 34.6 Å². The largest absolute Gasteiger partial charge is 0.462 e. The van der Waals surface area contributed by atoms with Gasteiger partial charge < -0.3 is 15.4 Å². The van der Waals surface area contributed by atoms with Gasteiger partial charge in [-0.2, -0.15) is 4.80 Å². The predicted molar refractivity (Wildman–Crippen MR) is 231 cm³/mol. The number of esters is 1. The summed E-state index contributed by atoms with van der Waals surface area (Å²) < 4.78 is 5.50. The van der Waals surface area contributed by atoms with E-state index in [0.717, 1.165) is 89.5 Å². The minimum Gasteiger partial charge on any atom is -0.462 e. The number of aryl methyl sites for hydroxylation is 1. The Labute approximate surface area is 340 Å². The van der Waals surface area contributed by atoms with Crippen LogP contribution in [0.3, 0.4) is 0 Å². The standard InChI is InChI=1S/C49H50N6O3/c1-2-3-32-58-49(57)45-16-8-14-38-13-7-15-44(46(38)45)48(56)51-41-27-23-37(24-28-41)36-21-25-40(26-22-36)50-42-29-30-43(39(33-42)12-6-4-5-10-34-17-18-34)47-52-54-55(53-47)31-9-11-35-19-20-35/h7-8,13-16,21-30,33-35,50H,2-5,9-11,17-20,31-32H2,1H3,(H,51,56). The average molecular weight is 771 g/mol. The molecule has 0 saturated heterocycles. The van der Waals surface area contributed by atoms with E-state index in [-0.39, 0.29) is 5.91 Å². The van der Waals surface area contributed by atoms with Gasteiger partial charge in [-0.3, -0.25) is 4.79 Å². The second-order valence-corrected chi connectivity index (χ2v) is 15.6. The Morgan fingerprint density at radius 2 is 1.45 bits per heavy atom. The highest BCUT2D eigenvalue weighted by molar-refractivity contribution is 6.18. The number of carbonyl (C=O) groups is 2. The fourth-order valence-electron chi connectivity index (χ4n) is 7.28. The van der Waals surface area contributed by atoms with E-state index in [9.17, 15) is 9.59 Å². The Bertz CT molecular complexity index is 2430. The summed E-state index contributed by atoms with van der Waals surface area (Å²) >= 11 is 0. The second-order valence-electron chi connectivity index (χ2n) is 15.6. The van der Waals surface area contributed by atoms with Crippen LogP contribution in [0.2, 0.25) is 0 Å². The Hall–Kier alpha value is -6.27. The molecular formula is C49H50N6O3. The molecule has 2 N–H and O–H groups in total. The molecule has 2 aliphatic carbocycles. The van der Waals surface area contributed by atoms with Crippen molar-refractivity contribution in [1.82, 2.24) is 20.2 Å². The van der Waals surface area contributed by atoms with Crippen LogP contribution in [-0.2, 0) is 11.3 Å². The number of nitrogens with one attached hydrogen (secondary N) is 2. The normalized spacial score (nSPS) is 13.5. The molecule has 2 aliphatic rings. The smallest absolute Gasteiger partial charge is 0.338 e. The molecule has 1 aromatic heterocycles. The molecule has 8 rings (SSSR count). The highest BCUT2D eigenvalue weighted by atomic mass is 16.5. The van der Waals surface area contributed by atoms with Gasteiger partial charge >= 0.3 is 5.97 Å². The molecule has 0 radical (unpaired) electrons. The number of ether oxygens (including phenoxy) is 1. The Balaban J connectivity index is 0.928. The maximum absolute atomic E-state index is 13.6. The van der Waals surface area contributed by atoms with E-state index in [1.54, 1.807) is 16.9 Å². The fraction of sp³-hybridized carbons (Fsp3) is 0.327. The summed E-state index contributed by atoms with van der Waals surface area (Å²) in [6.07, 6.45) is 12.8. The fourth-order valence-corrected chi connectivity index (χ4v) is 7.28. The van der Waals surface area contributed by atoms with Gasteiger partial charge in [0, 0.05) is 45.6 Å². The Kier molecular flexibility index (Phi) is 12.2. The molecule has 0 spiro atoms. The molecule has 2 fully saturated rings. The maximum atomic E-state index is 13.6. The van der Waals surface area contributed by atoms with Gasteiger partial charge in [0.05, 0.1) is 18.7 Å². The molecule has 6 aromatic rings. The van der Waals surface area contributed by atoms with Crippen molar-refractivity contribution in [2.24, 2.45) is 11.8 Å². The van der Waals surface area contributed by atoms with Gasteiger partial charge in [0.25, 0.3) is 5.91 Å². The first-order valence-corrected chi connectivity index (χ1v) is 20.9. The van der Waals surface area contributed by atoms with Crippen molar-refractivity contribution >= 4 is 39.7 Å². The number of unbranched alkanes of at least 4 members (excludes halogenated alkanes) is 2. The minimum absolute atomic E-state index is 0.292. The molecule has 1 heterocycles. The van der Waals surface area contributed by atoms with Crippen LogP contribution in [0.15, 0.2) is 103 Å². The number of carbonyl (C=O) groups excluding carboxylic acids is 2. The summed E-state index contributed by atoms with van der Waals surface area (Å²) in [5.41, 5.74) is 7.20. The number of rotatable bonds is 17. The molecular weight excluding hydrogens is 721 g/mol. The summed E-state index contributed by atoms with van der Waals surface area (Å²) in [5.74, 6) is 8.55. The second kappa shape index (κ2) is 18.3. The number of amides is 1. The first-order chi connectivity index (χ1) is 28.5. The first-order valence-electron chi connectivity index (χ1n) is 20.9. The van der Waals surface area contributed by atoms with Gasteiger partial charge in [0.1, 0.15) is 0 Å². The van der Waals surface area contributed by atoms with Crippen molar-refractivity contribution in [3.63, 3.8) is 0 Å². The van der Waals surface area contributed by atoms with Crippen LogP contribution in [0.5, 0.6) is 0 Å². The molecule has 0 aliphatic heterocycles. The van der Waals surface area contributed by atoms with Gasteiger partial charge in [-0.1, -0.05) is 99.4 Å². The van der Waals surface area contributed by atoms with Crippen LogP contribution in [0.1, 0.15) is 104 Å². The lowest BCUT2D eigenvalue weighted by Gasteiger charge is -2.13. The van der Waals surface area contributed by atoms with Crippen LogP contribution < -0.4 is 10.6 Å². The zero-order valence-corrected chi connectivity index (χ0v) is 33.2. The Morgan fingerprint density at radius 1 is 0.776 bits per heavy atom. The van der Waals surface area contributed by atoms with Crippen molar-refractivity contribution in [3.8, 4) is 34.4 Å².